The van der Waals surface area contributed by atoms with Crippen LogP contribution in [-0.4, -0.2) is 18.6 Å². The van der Waals surface area contributed by atoms with Crippen LogP contribution in [0.25, 0.3) is 0 Å². The van der Waals surface area contributed by atoms with E-state index >= 15 is 0 Å². The van der Waals surface area contributed by atoms with Gasteiger partial charge >= 0.3 is 5.97 Å². The third-order valence-electron chi connectivity index (χ3n) is 4.06. The van der Waals surface area contributed by atoms with Gasteiger partial charge in [0.2, 0.25) is 0 Å². The Labute approximate surface area is 121 Å². The fourth-order valence-corrected chi connectivity index (χ4v) is 2.61. The lowest BCUT2D eigenvalue weighted by atomic mass is 9.66. The number of ether oxygens (including phenoxy) is 1. The van der Waals surface area contributed by atoms with Crippen LogP contribution < -0.4 is 5.32 Å². The summed E-state index contributed by atoms with van der Waals surface area (Å²) >= 11 is 0. The second-order valence-corrected chi connectivity index (χ2v) is 6.21. The summed E-state index contributed by atoms with van der Waals surface area (Å²) in [7, 11) is 0. The number of hydrogen-bond acceptors (Lipinski definition) is 3. The van der Waals surface area contributed by atoms with Crippen LogP contribution >= 0.6 is 0 Å². The molecule has 0 amide bonds. The number of rotatable bonds is 7. The molecule has 1 saturated carbocycles. The number of benzene rings is 1. The first-order valence-corrected chi connectivity index (χ1v) is 7.53. The second kappa shape index (κ2) is 6.89. The zero-order valence-corrected chi connectivity index (χ0v) is 12.5. The predicted molar refractivity (Wildman–Crippen MR) is 80.3 cm³/mol. The van der Waals surface area contributed by atoms with E-state index in [1.54, 1.807) is 0 Å². The monoisotopic (exact) mass is 275 g/mol. The maximum Gasteiger partial charge on any atom is 0.306 e. The van der Waals surface area contributed by atoms with Crippen LogP contribution in [0.15, 0.2) is 30.3 Å². The van der Waals surface area contributed by atoms with Gasteiger partial charge in [0, 0.05) is 12.6 Å². The van der Waals surface area contributed by atoms with Crippen LogP contribution in [0.2, 0.25) is 0 Å². The Kier molecular flexibility index (Phi) is 5.18. The van der Waals surface area contributed by atoms with Crippen LogP contribution in [0.5, 0.6) is 0 Å². The molecule has 1 aliphatic carbocycles. The first kappa shape index (κ1) is 15.0. The maximum absolute atomic E-state index is 12.0. The van der Waals surface area contributed by atoms with E-state index in [1.165, 1.54) is 6.42 Å². The standard InChI is InChI=1S/C17H25NO2/c1-14(2)18-13-17(9-6-10-17)11-16(19)20-12-15-7-4-3-5-8-15/h3-5,7-8,14,18H,6,9-13H2,1-2H3. The van der Waals surface area contributed by atoms with Crippen molar-refractivity contribution in [3.8, 4) is 0 Å². The lowest BCUT2D eigenvalue weighted by Crippen LogP contribution is -2.43. The van der Waals surface area contributed by atoms with Crippen molar-refractivity contribution in [2.24, 2.45) is 5.41 Å². The molecule has 1 fully saturated rings. The molecular weight excluding hydrogens is 250 g/mol. The molecule has 0 unspecified atom stereocenters. The molecule has 20 heavy (non-hydrogen) atoms. The Morgan fingerprint density at radius 2 is 2.00 bits per heavy atom. The molecule has 0 spiro atoms. The highest BCUT2D eigenvalue weighted by Gasteiger charge is 2.39. The van der Waals surface area contributed by atoms with Crippen molar-refractivity contribution in [1.29, 1.82) is 0 Å². The molecule has 0 radical (unpaired) electrons. The molecule has 0 aromatic heterocycles. The Bertz CT molecular complexity index is 424. The van der Waals surface area contributed by atoms with Crippen molar-refractivity contribution in [2.75, 3.05) is 6.54 Å². The number of carbonyl (C=O) groups is 1. The Morgan fingerprint density at radius 3 is 2.55 bits per heavy atom. The summed E-state index contributed by atoms with van der Waals surface area (Å²) in [5.41, 5.74) is 1.18. The molecule has 1 aromatic carbocycles. The van der Waals surface area contributed by atoms with E-state index in [0.29, 0.717) is 19.1 Å². The Morgan fingerprint density at radius 1 is 1.30 bits per heavy atom. The summed E-state index contributed by atoms with van der Waals surface area (Å²) in [6.45, 7) is 5.58. The van der Waals surface area contributed by atoms with Gasteiger partial charge in [-0.1, -0.05) is 50.6 Å². The molecule has 1 aromatic rings. The SMILES string of the molecule is CC(C)NCC1(CC(=O)OCc2ccccc2)CCC1. The minimum atomic E-state index is -0.0703. The zero-order chi connectivity index (χ0) is 14.4. The van der Waals surface area contributed by atoms with Crippen LogP contribution in [0, 0.1) is 5.41 Å². The average molecular weight is 275 g/mol. The number of nitrogens with one attached hydrogen (secondary N) is 1. The highest BCUT2D eigenvalue weighted by atomic mass is 16.5. The van der Waals surface area contributed by atoms with Gasteiger partial charge in [-0.3, -0.25) is 4.79 Å². The smallest absolute Gasteiger partial charge is 0.306 e. The van der Waals surface area contributed by atoms with E-state index in [2.05, 4.69) is 19.2 Å². The first-order valence-electron chi connectivity index (χ1n) is 7.53. The molecule has 0 bridgehead atoms. The molecule has 0 aliphatic heterocycles. The maximum atomic E-state index is 12.0. The zero-order valence-electron chi connectivity index (χ0n) is 12.5. The molecule has 3 heteroatoms. The third kappa shape index (κ3) is 4.34. The topological polar surface area (TPSA) is 38.3 Å². The quantitative estimate of drug-likeness (QED) is 0.776. The second-order valence-electron chi connectivity index (χ2n) is 6.21. The molecule has 110 valence electrons. The van der Waals surface area contributed by atoms with Gasteiger partial charge in [-0.15, -0.1) is 0 Å². The van der Waals surface area contributed by atoms with Gasteiger partial charge in [0.05, 0.1) is 6.42 Å². The Balaban J connectivity index is 1.78. The molecule has 3 nitrogen and oxygen atoms in total. The lowest BCUT2D eigenvalue weighted by Gasteiger charge is -2.42. The molecule has 1 aliphatic rings. The van der Waals surface area contributed by atoms with Gasteiger partial charge in [-0.25, -0.2) is 0 Å². The highest BCUT2D eigenvalue weighted by molar-refractivity contribution is 5.70. The van der Waals surface area contributed by atoms with Crippen LogP contribution in [0.3, 0.4) is 0 Å². The average Bonchev–Trinajstić information content (AvgIpc) is 2.40. The van der Waals surface area contributed by atoms with E-state index in [4.69, 9.17) is 4.74 Å². The van der Waals surface area contributed by atoms with Crippen LogP contribution in [0.1, 0.15) is 45.1 Å². The van der Waals surface area contributed by atoms with E-state index < -0.39 is 0 Å². The summed E-state index contributed by atoms with van der Waals surface area (Å²) in [5, 5.41) is 3.46. The summed E-state index contributed by atoms with van der Waals surface area (Å²) in [5.74, 6) is -0.0703. The van der Waals surface area contributed by atoms with Crippen molar-refractivity contribution in [1.82, 2.24) is 5.32 Å². The normalized spacial score (nSPS) is 16.8. The minimum Gasteiger partial charge on any atom is -0.461 e. The fraction of sp³-hybridized carbons (Fsp3) is 0.588. The molecule has 0 atom stereocenters. The fourth-order valence-electron chi connectivity index (χ4n) is 2.61. The van der Waals surface area contributed by atoms with Gasteiger partial charge in [-0.05, 0) is 23.8 Å². The molecule has 2 rings (SSSR count). The molecule has 1 N–H and O–H groups in total. The van der Waals surface area contributed by atoms with Crippen molar-refractivity contribution in [3.63, 3.8) is 0 Å². The minimum absolute atomic E-state index is 0.0703. The molecule has 0 saturated heterocycles. The molecular formula is C17H25NO2. The summed E-state index contributed by atoms with van der Waals surface area (Å²) in [6.07, 6.45) is 4.03. The van der Waals surface area contributed by atoms with E-state index in [1.807, 2.05) is 30.3 Å². The van der Waals surface area contributed by atoms with Crippen molar-refractivity contribution >= 4 is 5.97 Å². The van der Waals surface area contributed by atoms with Gasteiger partial charge < -0.3 is 10.1 Å². The van der Waals surface area contributed by atoms with Crippen molar-refractivity contribution in [2.45, 2.75) is 52.2 Å². The third-order valence-corrected chi connectivity index (χ3v) is 4.06. The van der Waals surface area contributed by atoms with Crippen molar-refractivity contribution < 1.29 is 9.53 Å². The Hall–Kier alpha value is -1.35. The van der Waals surface area contributed by atoms with Gasteiger partial charge in [0.1, 0.15) is 6.61 Å². The van der Waals surface area contributed by atoms with E-state index in [-0.39, 0.29) is 11.4 Å². The van der Waals surface area contributed by atoms with E-state index in [0.717, 1.165) is 24.9 Å². The summed E-state index contributed by atoms with van der Waals surface area (Å²) in [4.78, 5) is 12.0. The summed E-state index contributed by atoms with van der Waals surface area (Å²) < 4.78 is 5.40. The first-order chi connectivity index (χ1) is 9.60. The predicted octanol–water partition coefficient (Wildman–Crippen LogP) is 3.29. The van der Waals surface area contributed by atoms with Crippen LogP contribution in [-0.2, 0) is 16.1 Å². The lowest BCUT2D eigenvalue weighted by molar-refractivity contribution is -0.149. The van der Waals surface area contributed by atoms with Crippen LogP contribution in [0.4, 0.5) is 0 Å². The number of esters is 1. The highest BCUT2D eigenvalue weighted by Crippen LogP contribution is 2.43. The summed E-state index contributed by atoms with van der Waals surface area (Å²) in [6, 6.07) is 10.3. The largest absolute Gasteiger partial charge is 0.461 e. The van der Waals surface area contributed by atoms with E-state index in [9.17, 15) is 4.79 Å². The van der Waals surface area contributed by atoms with Gasteiger partial charge in [0.25, 0.3) is 0 Å². The van der Waals surface area contributed by atoms with Gasteiger partial charge in [-0.2, -0.15) is 0 Å². The van der Waals surface area contributed by atoms with Gasteiger partial charge in [0.15, 0.2) is 0 Å². The number of hydrogen-bond donors (Lipinski definition) is 1. The number of carbonyl (C=O) groups excluding carboxylic acids is 1. The molecule has 0 heterocycles. The van der Waals surface area contributed by atoms with Crippen molar-refractivity contribution in [3.05, 3.63) is 35.9 Å².